The van der Waals surface area contributed by atoms with Gasteiger partial charge in [-0.15, -0.1) is 0 Å². The van der Waals surface area contributed by atoms with E-state index in [2.05, 4.69) is 4.98 Å². The molecule has 0 saturated carbocycles. The Hall–Kier alpha value is -4.85. The van der Waals surface area contributed by atoms with Crippen LogP contribution in [0.4, 0.5) is 0 Å². The largest absolute Gasteiger partial charge is 0.508 e. The molecule has 8 heteroatoms. The maximum Gasteiger partial charge on any atom is 0.295 e. The molecule has 0 spiro atoms. The van der Waals surface area contributed by atoms with E-state index in [9.17, 15) is 19.8 Å². The number of H-pyrrole nitrogens is 1. The average molecular weight is 525 g/mol. The van der Waals surface area contributed by atoms with E-state index < -0.39 is 17.7 Å². The lowest BCUT2D eigenvalue weighted by Crippen LogP contribution is -2.36. The molecule has 5 rings (SSSR count). The van der Waals surface area contributed by atoms with Crippen molar-refractivity contribution in [2.24, 2.45) is 0 Å². The van der Waals surface area contributed by atoms with E-state index in [1.54, 1.807) is 42.6 Å². The van der Waals surface area contributed by atoms with E-state index in [1.165, 1.54) is 17.0 Å². The number of aliphatic hydroxyl groups excluding tert-OH is 1. The third kappa shape index (κ3) is 5.55. The van der Waals surface area contributed by atoms with Gasteiger partial charge in [0, 0.05) is 18.5 Å². The predicted molar refractivity (Wildman–Crippen MR) is 145 cm³/mol. The number of hydrogen-bond donors (Lipinski definition) is 3. The highest BCUT2D eigenvalue weighted by molar-refractivity contribution is 6.46. The van der Waals surface area contributed by atoms with Crippen LogP contribution in [0, 0.1) is 6.92 Å². The maximum atomic E-state index is 13.2. The van der Waals surface area contributed by atoms with E-state index in [0.717, 1.165) is 11.1 Å². The number of amides is 1. The summed E-state index contributed by atoms with van der Waals surface area (Å²) < 4.78 is 7.86. The molecule has 3 aromatic carbocycles. The molecular weight excluding hydrogens is 494 g/mol. The summed E-state index contributed by atoms with van der Waals surface area (Å²) in [6.45, 7) is 3.37. The van der Waals surface area contributed by atoms with Crippen LogP contribution in [0.5, 0.6) is 11.5 Å². The summed E-state index contributed by atoms with van der Waals surface area (Å²) in [7, 11) is 0. The zero-order valence-electron chi connectivity index (χ0n) is 21.6. The number of carbonyl (C=O) groups is 2. The zero-order chi connectivity index (χ0) is 27.4. The Balaban J connectivity index is 1.42. The number of ketones is 1. The number of aromatic amines is 1. The standard InChI is InChI=1S/C31H29N3O5/c1-21-6-2-3-7-24(21)19-39-26-12-10-22(11-13-26)29(36)27-28(23-8-4-9-25(35)18-23)34(31(38)30(27)37)16-5-15-33-17-14-32-20-33/h2-4,6-14,17-18,20,28H,5,15-16,19H2,1H3,(H2,35,36,37)/p+1. The second-order valence-electron chi connectivity index (χ2n) is 9.53. The van der Waals surface area contributed by atoms with Gasteiger partial charge in [-0.05, 0) is 60.0 Å². The van der Waals surface area contributed by atoms with Crippen molar-refractivity contribution < 1.29 is 29.1 Å². The van der Waals surface area contributed by atoms with Crippen LogP contribution in [0.3, 0.4) is 0 Å². The Morgan fingerprint density at radius 2 is 1.85 bits per heavy atom. The normalized spacial score (nSPS) is 16.5. The van der Waals surface area contributed by atoms with Gasteiger partial charge in [0.05, 0.1) is 18.2 Å². The number of aromatic nitrogens is 2. The predicted octanol–water partition coefficient (Wildman–Crippen LogP) is 4.41. The van der Waals surface area contributed by atoms with Crippen LogP contribution >= 0.6 is 0 Å². The van der Waals surface area contributed by atoms with Gasteiger partial charge in [-0.2, -0.15) is 0 Å². The second-order valence-corrected chi connectivity index (χ2v) is 9.53. The molecule has 198 valence electrons. The summed E-state index contributed by atoms with van der Waals surface area (Å²) in [6, 6.07) is 20.3. The summed E-state index contributed by atoms with van der Waals surface area (Å²) >= 11 is 0. The molecule has 1 aliphatic heterocycles. The molecule has 0 bridgehead atoms. The van der Waals surface area contributed by atoms with Crippen molar-refractivity contribution >= 4 is 17.4 Å². The number of ether oxygens (including phenoxy) is 1. The van der Waals surface area contributed by atoms with Crippen molar-refractivity contribution in [3.63, 3.8) is 0 Å². The number of carbonyl (C=O) groups excluding carboxylic acids is 2. The van der Waals surface area contributed by atoms with Crippen LogP contribution in [0.25, 0.3) is 5.76 Å². The molecule has 1 amide bonds. The highest BCUT2D eigenvalue weighted by Crippen LogP contribution is 2.40. The van der Waals surface area contributed by atoms with Gasteiger partial charge in [-0.25, -0.2) is 4.57 Å². The van der Waals surface area contributed by atoms with Crippen molar-refractivity contribution in [3.05, 3.63) is 119 Å². The Labute approximate surface area is 226 Å². The quantitative estimate of drug-likeness (QED) is 0.130. The highest BCUT2D eigenvalue weighted by atomic mass is 16.5. The van der Waals surface area contributed by atoms with Crippen LogP contribution in [-0.4, -0.2) is 38.3 Å². The fourth-order valence-electron chi connectivity index (χ4n) is 4.83. The Bertz CT molecular complexity index is 1510. The summed E-state index contributed by atoms with van der Waals surface area (Å²) in [6.07, 6.45) is 6.10. The molecule has 1 fully saturated rings. The van der Waals surface area contributed by atoms with Crippen LogP contribution in [-0.2, 0) is 22.7 Å². The molecular formula is C31H30N3O5+. The molecule has 4 aromatic rings. The number of aliphatic hydroxyl groups is 1. The van der Waals surface area contributed by atoms with Gasteiger partial charge >= 0.3 is 0 Å². The molecule has 3 N–H and O–H groups in total. The summed E-state index contributed by atoms with van der Waals surface area (Å²) in [5, 5.41) is 21.4. The minimum Gasteiger partial charge on any atom is -0.508 e. The first-order chi connectivity index (χ1) is 18.9. The first-order valence-electron chi connectivity index (χ1n) is 12.8. The number of nitrogens with one attached hydrogen (secondary N) is 1. The fraction of sp³-hybridized carbons (Fsp3) is 0.194. The SMILES string of the molecule is Cc1ccccc1COc1ccc(/C(O)=C2\C(=O)C(=O)N(CCC[n+]3cc[nH]c3)C2c2cccc(O)c2)cc1. The van der Waals surface area contributed by atoms with Crippen LogP contribution in [0.15, 0.2) is 97.1 Å². The number of hydrogen-bond acceptors (Lipinski definition) is 5. The van der Waals surface area contributed by atoms with Gasteiger partial charge in [-0.1, -0.05) is 36.4 Å². The monoisotopic (exact) mass is 524 g/mol. The van der Waals surface area contributed by atoms with E-state index in [4.69, 9.17) is 4.74 Å². The third-order valence-corrected chi connectivity index (χ3v) is 6.93. The van der Waals surface area contributed by atoms with Gasteiger partial charge in [-0.3, -0.25) is 14.6 Å². The molecule has 39 heavy (non-hydrogen) atoms. The van der Waals surface area contributed by atoms with Crippen molar-refractivity contribution in [2.45, 2.75) is 32.5 Å². The molecule has 8 nitrogen and oxygen atoms in total. The summed E-state index contributed by atoms with van der Waals surface area (Å²) in [5.74, 6) is -1.08. The number of nitrogens with zero attached hydrogens (tertiary/aromatic N) is 2. The number of rotatable bonds is 9. The number of aromatic hydroxyl groups is 1. The van der Waals surface area contributed by atoms with Crippen molar-refractivity contribution in [2.75, 3.05) is 6.54 Å². The average Bonchev–Trinajstić information content (AvgIpc) is 3.55. The number of aryl methyl sites for hydroxylation is 2. The van der Waals surface area contributed by atoms with Gasteiger partial charge < -0.3 is 19.8 Å². The van der Waals surface area contributed by atoms with Crippen LogP contribution in [0.1, 0.15) is 34.7 Å². The van der Waals surface area contributed by atoms with Crippen LogP contribution < -0.4 is 9.30 Å². The number of Topliss-reactive ketones (excluding diaryl/α,β-unsaturated/α-hetero) is 1. The highest BCUT2D eigenvalue weighted by Gasteiger charge is 2.45. The smallest absolute Gasteiger partial charge is 0.295 e. The molecule has 1 aliphatic rings. The van der Waals surface area contributed by atoms with Crippen molar-refractivity contribution in [1.82, 2.24) is 9.88 Å². The molecule has 1 saturated heterocycles. The van der Waals surface area contributed by atoms with Crippen LogP contribution in [0.2, 0.25) is 0 Å². The molecule has 1 atom stereocenters. The van der Waals surface area contributed by atoms with Gasteiger partial charge in [0.2, 0.25) is 6.33 Å². The molecule has 2 heterocycles. The third-order valence-electron chi connectivity index (χ3n) is 6.93. The van der Waals surface area contributed by atoms with E-state index in [0.29, 0.717) is 43.0 Å². The summed E-state index contributed by atoms with van der Waals surface area (Å²) in [4.78, 5) is 30.8. The molecule has 0 radical (unpaired) electrons. The topological polar surface area (TPSA) is 107 Å². The Morgan fingerprint density at radius 1 is 1.05 bits per heavy atom. The number of phenolic OH excluding ortho intramolecular Hbond substituents is 1. The lowest BCUT2D eigenvalue weighted by molar-refractivity contribution is -0.695. The van der Waals surface area contributed by atoms with Gasteiger partial charge in [0.25, 0.3) is 11.7 Å². The second kappa shape index (κ2) is 11.3. The summed E-state index contributed by atoms with van der Waals surface area (Å²) in [5.41, 5.74) is 3.14. The Morgan fingerprint density at radius 3 is 2.56 bits per heavy atom. The molecule has 1 aromatic heterocycles. The first-order valence-corrected chi connectivity index (χ1v) is 12.8. The first kappa shape index (κ1) is 25.8. The number of imidazole rings is 1. The minimum absolute atomic E-state index is 0.00604. The lowest BCUT2D eigenvalue weighted by atomic mass is 9.95. The van der Waals surface area contributed by atoms with Gasteiger partial charge in [0.15, 0.2) is 0 Å². The van der Waals surface area contributed by atoms with Crippen molar-refractivity contribution in [1.29, 1.82) is 0 Å². The number of phenols is 1. The molecule has 1 unspecified atom stereocenters. The van der Waals surface area contributed by atoms with Crippen molar-refractivity contribution in [3.8, 4) is 11.5 Å². The minimum atomic E-state index is -0.828. The maximum absolute atomic E-state index is 13.2. The number of benzene rings is 3. The number of likely N-dealkylation sites (tertiary alicyclic amines) is 1. The van der Waals surface area contributed by atoms with Gasteiger partial charge in [0.1, 0.15) is 36.3 Å². The van der Waals surface area contributed by atoms with E-state index in [1.807, 2.05) is 48.3 Å². The fourth-order valence-corrected chi connectivity index (χ4v) is 4.83. The van der Waals surface area contributed by atoms with E-state index in [-0.39, 0.29) is 17.1 Å². The van der Waals surface area contributed by atoms with E-state index >= 15 is 0 Å². The lowest BCUT2D eigenvalue weighted by Gasteiger charge is -2.25. The zero-order valence-corrected chi connectivity index (χ0v) is 21.6. The Kier molecular flexibility index (Phi) is 7.45. The molecule has 0 aliphatic carbocycles.